The van der Waals surface area contributed by atoms with Crippen molar-refractivity contribution in [1.82, 2.24) is 5.32 Å². The van der Waals surface area contributed by atoms with Crippen LogP contribution in [0.15, 0.2) is 53.1 Å². The number of amides is 1. The van der Waals surface area contributed by atoms with Crippen LogP contribution in [-0.2, 0) is 4.79 Å². The van der Waals surface area contributed by atoms with Gasteiger partial charge in [-0.15, -0.1) is 0 Å². The van der Waals surface area contributed by atoms with E-state index in [4.69, 9.17) is 4.42 Å². The lowest BCUT2D eigenvalue weighted by Gasteiger charge is -2.17. The average molecular weight is 259 g/mol. The lowest BCUT2D eigenvalue weighted by molar-refractivity contribution is -0.706. The van der Waals surface area contributed by atoms with Gasteiger partial charge < -0.3 is 15.1 Å². The van der Waals surface area contributed by atoms with Gasteiger partial charge in [-0.25, -0.2) is 0 Å². The van der Waals surface area contributed by atoms with Crippen LogP contribution in [0.4, 0.5) is 0 Å². The Hall–Kier alpha value is -2.07. The molecule has 0 spiro atoms. The van der Waals surface area contributed by atoms with Gasteiger partial charge in [-0.05, 0) is 19.1 Å². The third-order valence-electron chi connectivity index (χ3n) is 3.15. The molecule has 3 N–H and O–H groups in total. The van der Waals surface area contributed by atoms with Gasteiger partial charge in [0.15, 0.2) is 17.8 Å². The van der Waals surface area contributed by atoms with Crippen LogP contribution in [0.2, 0.25) is 0 Å². The van der Waals surface area contributed by atoms with E-state index < -0.39 is 0 Å². The van der Waals surface area contributed by atoms with Gasteiger partial charge in [0.25, 0.3) is 5.91 Å². The molecule has 2 atom stereocenters. The molecule has 1 aromatic heterocycles. The van der Waals surface area contributed by atoms with Crippen LogP contribution in [0.3, 0.4) is 0 Å². The first-order chi connectivity index (χ1) is 9.22. The first-order valence-electron chi connectivity index (χ1n) is 6.37. The van der Waals surface area contributed by atoms with Crippen LogP contribution in [0.5, 0.6) is 0 Å². The summed E-state index contributed by atoms with van der Waals surface area (Å²) in [6.07, 6.45) is 1.66. The Morgan fingerprint density at radius 3 is 2.53 bits per heavy atom. The summed E-state index contributed by atoms with van der Waals surface area (Å²) in [6.45, 7) is 1.89. The molecule has 1 amide bonds. The van der Waals surface area contributed by atoms with Gasteiger partial charge in [-0.1, -0.05) is 30.3 Å². The van der Waals surface area contributed by atoms with Crippen LogP contribution in [-0.4, -0.2) is 19.0 Å². The zero-order valence-corrected chi connectivity index (χ0v) is 11.2. The van der Waals surface area contributed by atoms with Gasteiger partial charge in [0, 0.05) is 12.6 Å². The molecule has 0 aliphatic rings. The molecule has 4 heteroatoms. The summed E-state index contributed by atoms with van der Waals surface area (Å²) in [5, 5.41) is 4.67. The molecule has 0 fully saturated rings. The topological polar surface area (TPSA) is 58.9 Å². The minimum Gasteiger partial charge on any atom is -0.463 e. The number of carbonyl (C=O) groups excluding carboxylic acids is 1. The van der Waals surface area contributed by atoms with Crippen LogP contribution in [0.25, 0.3) is 0 Å². The van der Waals surface area contributed by atoms with E-state index in [0.29, 0.717) is 0 Å². The van der Waals surface area contributed by atoms with Crippen molar-refractivity contribution in [2.45, 2.75) is 19.0 Å². The molecule has 1 aromatic carbocycles. The number of nitrogens with one attached hydrogen (secondary N) is 1. The van der Waals surface area contributed by atoms with Gasteiger partial charge in [-0.3, -0.25) is 4.79 Å². The summed E-state index contributed by atoms with van der Waals surface area (Å²) < 4.78 is 5.50. The maximum atomic E-state index is 11.7. The molecule has 0 unspecified atom stereocenters. The van der Waals surface area contributed by atoms with E-state index in [0.717, 1.165) is 11.3 Å². The molecule has 0 aliphatic carbocycles. The highest BCUT2D eigenvalue weighted by Crippen LogP contribution is 2.18. The minimum absolute atomic E-state index is 0.00693. The van der Waals surface area contributed by atoms with Gasteiger partial charge >= 0.3 is 0 Å². The van der Waals surface area contributed by atoms with E-state index >= 15 is 0 Å². The quantitative estimate of drug-likeness (QED) is 0.843. The molecule has 19 heavy (non-hydrogen) atoms. The molecule has 0 saturated carbocycles. The predicted octanol–water partition coefficient (Wildman–Crippen LogP) is 1.07. The third kappa shape index (κ3) is 3.23. The number of hydrogen-bond donors (Lipinski definition) is 2. The smallest absolute Gasteiger partial charge is 0.277 e. The van der Waals surface area contributed by atoms with E-state index in [1.165, 1.54) is 0 Å². The predicted molar refractivity (Wildman–Crippen MR) is 72.4 cm³/mol. The van der Waals surface area contributed by atoms with Crippen molar-refractivity contribution < 1.29 is 14.5 Å². The SMILES string of the molecule is CNC(=O)[C@H](C)[NH2+][C@@H](c1ccccc1)c1ccco1. The van der Waals surface area contributed by atoms with E-state index in [9.17, 15) is 4.79 Å². The van der Waals surface area contributed by atoms with E-state index in [1.807, 2.05) is 54.7 Å². The summed E-state index contributed by atoms with van der Waals surface area (Å²) >= 11 is 0. The summed E-state index contributed by atoms with van der Waals surface area (Å²) in [4.78, 5) is 11.7. The lowest BCUT2D eigenvalue weighted by Crippen LogP contribution is -2.92. The third-order valence-corrected chi connectivity index (χ3v) is 3.15. The number of furan rings is 1. The number of nitrogens with two attached hydrogens (primary N) is 1. The first-order valence-corrected chi connectivity index (χ1v) is 6.37. The zero-order valence-electron chi connectivity index (χ0n) is 11.2. The van der Waals surface area contributed by atoms with Crippen LogP contribution in [0.1, 0.15) is 24.3 Å². The van der Waals surface area contributed by atoms with Crippen molar-refractivity contribution >= 4 is 5.91 Å². The van der Waals surface area contributed by atoms with Crippen molar-refractivity contribution in [1.29, 1.82) is 0 Å². The Balaban J connectivity index is 2.24. The van der Waals surface area contributed by atoms with Crippen molar-refractivity contribution in [3.05, 3.63) is 60.1 Å². The van der Waals surface area contributed by atoms with Crippen molar-refractivity contribution in [3.63, 3.8) is 0 Å². The molecular weight excluding hydrogens is 240 g/mol. The first kappa shape index (κ1) is 13.4. The molecule has 2 aromatic rings. The Labute approximate surface area is 112 Å². The monoisotopic (exact) mass is 259 g/mol. The Bertz CT molecular complexity index is 508. The second-order valence-electron chi connectivity index (χ2n) is 4.50. The largest absolute Gasteiger partial charge is 0.463 e. The maximum Gasteiger partial charge on any atom is 0.277 e. The number of rotatable bonds is 5. The molecule has 2 rings (SSSR count). The van der Waals surface area contributed by atoms with Gasteiger partial charge in [0.2, 0.25) is 0 Å². The van der Waals surface area contributed by atoms with E-state index in [1.54, 1.807) is 13.3 Å². The lowest BCUT2D eigenvalue weighted by atomic mass is 10.0. The van der Waals surface area contributed by atoms with Crippen LogP contribution < -0.4 is 10.6 Å². The summed E-state index contributed by atoms with van der Waals surface area (Å²) in [5.41, 5.74) is 1.12. The van der Waals surface area contributed by atoms with E-state index in [-0.39, 0.29) is 18.0 Å². The Morgan fingerprint density at radius 2 is 1.95 bits per heavy atom. The Morgan fingerprint density at radius 1 is 1.21 bits per heavy atom. The molecule has 0 radical (unpaired) electrons. The number of quaternary nitrogens is 1. The summed E-state index contributed by atoms with van der Waals surface area (Å²) in [5.74, 6) is 0.856. The summed E-state index contributed by atoms with van der Waals surface area (Å²) in [7, 11) is 1.65. The van der Waals surface area contributed by atoms with Crippen molar-refractivity contribution in [3.8, 4) is 0 Å². The number of hydrogen-bond acceptors (Lipinski definition) is 2. The fraction of sp³-hybridized carbons (Fsp3) is 0.267. The number of carbonyl (C=O) groups is 1. The second kappa shape index (κ2) is 6.20. The van der Waals surface area contributed by atoms with Crippen molar-refractivity contribution in [2.75, 3.05) is 7.05 Å². The second-order valence-corrected chi connectivity index (χ2v) is 4.50. The highest BCUT2D eigenvalue weighted by molar-refractivity contribution is 5.79. The molecule has 1 heterocycles. The highest BCUT2D eigenvalue weighted by Gasteiger charge is 2.25. The maximum absolute atomic E-state index is 11.7. The van der Waals surface area contributed by atoms with Crippen LogP contribution >= 0.6 is 0 Å². The van der Waals surface area contributed by atoms with Gasteiger partial charge in [-0.2, -0.15) is 0 Å². The molecule has 0 aliphatic heterocycles. The number of benzene rings is 1. The fourth-order valence-electron chi connectivity index (χ4n) is 2.10. The van der Waals surface area contributed by atoms with E-state index in [2.05, 4.69) is 5.32 Å². The summed E-state index contributed by atoms with van der Waals surface area (Å²) in [6, 6.07) is 13.6. The van der Waals surface area contributed by atoms with Gasteiger partial charge in [0.1, 0.15) is 0 Å². The number of likely N-dealkylation sites (N-methyl/N-ethyl adjacent to an activating group) is 1. The van der Waals surface area contributed by atoms with Crippen LogP contribution in [0, 0.1) is 0 Å². The average Bonchev–Trinajstić information content (AvgIpc) is 2.98. The molecule has 0 saturated heterocycles. The molecular formula is C15H19N2O2+. The highest BCUT2D eigenvalue weighted by atomic mass is 16.3. The minimum atomic E-state index is -0.180. The van der Waals surface area contributed by atoms with Crippen molar-refractivity contribution in [2.24, 2.45) is 0 Å². The van der Waals surface area contributed by atoms with Gasteiger partial charge in [0.05, 0.1) is 6.26 Å². The molecule has 0 bridgehead atoms. The Kier molecular flexibility index (Phi) is 4.36. The normalized spacial score (nSPS) is 13.8. The standard InChI is InChI=1S/C15H18N2O2/c1-11(15(18)16-2)17-14(13-9-6-10-19-13)12-7-4-3-5-8-12/h3-11,14,17H,1-2H3,(H,16,18)/p+1/t11-,14-/m0/s1. The zero-order chi connectivity index (χ0) is 13.7. The molecule has 100 valence electrons. The fourth-order valence-corrected chi connectivity index (χ4v) is 2.10. The molecule has 4 nitrogen and oxygen atoms in total.